The summed E-state index contributed by atoms with van der Waals surface area (Å²) in [6, 6.07) is 1.32. The summed E-state index contributed by atoms with van der Waals surface area (Å²) in [5, 5.41) is 2.18. The van der Waals surface area contributed by atoms with Crippen LogP contribution in [-0.2, 0) is 4.79 Å². The van der Waals surface area contributed by atoms with Crippen molar-refractivity contribution in [2.75, 3.05) is 25.0 Å². The SMILES string of the molecule is NC1CCN(CC(=O)Nc2cc(F)cc(F)c2F)CC1. The zero-order valence-electron chi connectivity index (χ0n) is 10.8. The highest BCUT2D eigenvalue weighted by Gasteiger charge is 2.19. The molecule has 0 radical (unpaired) electrons. The fourth-order valence-electron chi connectivity index (χ4n) is 2.15. The highest BCUT2D eigenvalue weighted by atomic mass is 19.2. The van der Waals surface area contributed by atoms with Crippen LogP contribution in [-0.4, -0.2) is 36.5 Å². The topological polar surface area (TPSA) is 58.4 Å². The van der Waals surface area contributed by atoms with Gasteiger partial charge in [-0.3, -0.25) is 9.69 Å². The van der Waals surface area contributed by atoms with E-state index in [0.717, 1.165) is 18.9 Å². The van der Waals surface area contributed by atoms with Gasteiger partial charge >= 0.3 is 0 Å². The molecular formula is C13H16F3N3O. The molecule has 0 unspecified atom stereocenters. The van der Waals surface area contributed by atoms with E-state index in [9.17, 15) is 18.0 Å². The molecule has 1 saturated heterocycles. The molecule has 1 aliphatic heterocycles. The predicted molar refractivity (Wildman–Crippen MR) is 68.6 cm³/mol. The van der Waals surface area contributed by atoms with E-state index >= 15 is 0 Å². The first kappa shape index (κ1) is 14.8. The Labute approximate surface area is 114 Å². The number of nitrogens with zero attached hydrogens (tertiary/aromatic N) is 1. The number of hydrogen-bond acceptors (Lipinski definition) is 3. The lowest BCUT2D eigenvalue weighted by molar-refractivity contribution is -0.117. The van der Waals surface area contributed by atoms with Gasteiger partial charge in [0.1, 0.15) is 5.82 Å². The number of hydrogen-bond donors (Lipinski definition) is 2. The first-order chi connectivity index (χ1) is 9.45. The molecule has 1 aliphatic rings. The number of halogens is 3. The van der Waals surface area contributed by atoms with Crippen LogP contribution in [0.25, 0.3) is 0 Å². The van der Waals surface area contributed by atoms with Crippen LogP contribution in [0.3, 0.4) is 0 Å². The lowest BCUT2D eigenvalue weighted by atomic mass is 10.1. The average molecular weight is 287 g/mol. The van der Waals surface area contributed by atoms with Crippen LogP contribution in [0.4, 0.5) is 18.9 Å². The number of carbonyl (C=O) groups excluding carboxylic acids is 1. The molecule has 7 heteroatoms. The first-order valence-corrected chi connectivity index (χ1v) is 6.38. The molecule has 0 bridgehead atoms. The van der Waals surface area contributed by atoms with Crippen molar-refractivity contribution in [2.45, 2.75) is 18.9 Å². The number of amides is 1. The molecule has 0 atom stereocenters. The predicted octanol–water partition coefficient (Wildman–Crippen LogP) is 1.47. The van der Waals surface area contributed by atoms with Gasteiger partial charge in [0.15, 0.2) is 11.6 Å². The summed E-state index contributed by atoms with van der Waals surface area (Å²) < 4.78 is 39.4. The standard InChI is InChI=1S/C13H16F3N3O/c14-8-5-10(15)13(16)11(6-8)18-12(20)7-19-3-1-9(17)2-4-19/h5-6,9H,1-4,7,17H2,(H,18,20). The van der Waals surface area contributed by atoms with Gasteiger partial charge < -0.3 is 11.1 Å². The van der Waals surface area contributed by atoms with E-state index < -0.39 is 29.0 Å². The Kier molecular flexibility index (Phi) is 4.61. The second-order valence-electron chi connectivity index (χ2n) is 4.91. The third-order valence-corrected chi connectivity index (χ3v) is 3.27. The van der Waals surface area contributed by atoms with Gasteiger partial charge in [-0.2, -0.15) is 0 Å². The lowest BCUT2D eigenvalue weighted by Crippen LogP contribution is -2.43. The largest absolute Gasteiger partial charge is 0.328 e. The summed E-state index contributed by atoms with van der Waals surface area (Å²) in [5.41, 5.74) is 5.26. The number of anilines is 1. The number of nitrogens with one attached hydrogen (secondary N) is 1. The van der Waals surface area contributed by atoms with Gasteiger partial charge in [0.05, 0.1) is 12.2 Å². The Morgan fingerprint density at radius 2 is 1.95 bits per heavy atom. The van der Waals surface area contributed by atoms with Gasteiger partial charge in [0, 0.05) is 31.3 Å². The zero-order chi connectivity index (χ0) is 14.7. The van der Waals surface area contributed by atoms with E-state index in [1.54, 1.807) is 0 Å². The minimum absolute atomic E-state index is 0.0459. The minimum atomic E-state index is -1.33. The van der Waals surface area contributed by atoms with Gasteiger partial charge in [-0.15, -0.1) is 0 Å². The third kappa shape index (κ3) is 3.71. The number of nitrogens with two attached hydrogens (primary N) is 1. The Balaban J connectivity index is 1.95. The van der Waals surface area contributed by atoms with Gasteiger partial charge in [0.2, 0.25) is 5.91 Å². The maximum Gasteiger partial charge on any atom is 0.238 e. The van der Waals surface area contributed by atoms with E-state index in [1.807, 2.05) is 4.90 Å². The van der Waals surface area contributed by atoms with Crippen LogP contribution in [0.1, 0.15) is 12.8 Å². The number of rotatable bonds is 3. The smallest absolute Gasteiger partial charge is 0.238 e. The van der Waals surface area contributed by atoms with Crippen LogP contribution in [0.2, 0.25) is 0 Å². The van der Waals surface area contributed by atoms with Crippen LogP contribution >= 0.6 is 0 Å². The summed E-state index contributed by atoms with van der Waals surface area (Å²) in [6.45, 7) is 1.40. The summed E-state index contributed by atoms with van der Waals surface area (Å²) in [6.07, 6.45) is 1.58. The van der Waals surface area contributed by atoms with Gasteiger partial charge in [0.25, 0.3) is 0 Å². The van der Waals surface area contributed by atoms with Crippen molar-refractivity contribution in [1.82, 2.24) is 4.90 Å². The van der Waals surface area contributed by atoms with E-state index in [2.05, 4.69) is 5.32 Å². The van der Waals surface area contributed by atoms with Crippen molar-refractivity contribution in [3.63, 3.8) is 0 Å². The van der Waals surface area contributed by atoms with Crippen LogP contribution < -0.4 is 11.1 Å². The summed E-state index contributed by atoms with van der Waals surface area (Å²) in [4.78, 5) is 13.6. The molecule has 1 fully saturated rings. The molecule has 20 heavy (non-hydrogen) atoms. The van der Waals surface area contributed by atoms with Gasteiger partial charge in [-0.05, 0) is 12.8 Å². The van der Waals surface area contributed by atoms with Gasteiger partial charge in [-0.25, -0.2) is 13.2 Å². The molecule has 3 N–H and O–H groups in total. The molecule has 1 amide bonds. The molecule has 0 aromatic heterocycles. The Morgan fingerprint density at radius 1 is 1.30 bits per heavy atom. The quantitative estimate of drug-likeness (QED) is 0.828. The van der Waals surface area contributed by atoms with Crippen molar-refractivity contribution >= 4 is 11.6 Å². The van der Waals surface area contributed by atoms with E-state index in [-0.39, 0.29) is 12.6 Å². The van der Waals surface area contributed by atoms with Crippen molar-refractivity contribution in [1.29, 1.82) is 0 Å². The molecular weight excluding hydrogens is 271 g/mol. The fourth-order valence-corrected chi connectivity index (χ4v) is 2.15. The van der Waals surface area contributed by atoms with E-state index in [0.29, 0.717) is 19.2 Å². The van der Waals surface area contributed by atoms with Crippen LogP contribution in [0, 0.1) is 17.5 Å². The normalized spacial score (nSPS) is 17.2. The van der Waals surface area contributed by atoms with Crippen molar-refractivity contribution < 1.29 is 18.0 Å². The minimum Gasteiger partial charge on any atom is -0.328 e. The molecule has 2 rings (SSSR count). The number of carbonyl (C=O) groups is 1. The second-order valence-corrected chi connectivity index (χ2v) is 4.91. The van der Waals surface area contributed by atoms with Crippen molar-refractivity contribution in [2.24, 2.45) is 5.73 Å². The van der Waals surface area contributed by atoms with Crippen LogP contribution in [0.5, 0.6) is 0 Å². The monoisotopic (exact) mass is 287 g/mol. The maximum absolute atomic E-state index is 13.4. The number of piperidine rings is 1. The first-order valence-electron chi connectivity index (χ1n) is 6.38. The fraction of sp³-hybridized carbons (Fsp3) is 0.462. The van der Waals surface area contributed by atoms with Crippen molar-refractivity contribution in [3.8, 4) is 0 Å². The maximum atomic E-state index is 13.4. The average Bonchev–Trinajstić information content (AvgIpc) is 2.38. The molecule has 110 valence electrons. The molecule has 4 nitrogen and oxygen atoms in total. The molecule has 0 aliphatic carbocycles. The molecule has 1 aromatic carbocycles. The summed E-state index contributed by atoms with van der Waals surface area (Å²) in [7, 11) is 0. The third-order valence-electron chi connectivity index (χ3n) is 3.27. The van der Waals surface area contributed by atoms with Crippen LogP contribution in [0.15, 0.2) is 12.1 Å². The van der Waals surface area contributed by atoms with E-state index in [4.69, 9.17) is 5.73 Å². The molecule has 0 saturated carbocycles. The second kappa shape index (κ2) is 6.23. The Morgan fingerprint density at radius 3 is 2.60 bits per heavy atom. The van der Waals surface area contributed by atoms with E-state index in [1.165, 1.54) is 0 Å². The molecule has 0 spiro atoms. The Bertz CT molecular complexity index is 502. The summed E-state index contributed by atoms with van der Waals surface area (Å²) >= 11 is 0. The lowest BCUT2D eigenvalue weighted by Gasteiger charge is -2.29. The molecule has 1 heterocycles. The number of benzene rings is 1. The van der Waals surface area contributed by atoms with Gasteiger partial charge in [-0.1, -0.05) is 0 Å². The molecule has 1 aromatic rings. The number of likely N-dealkylation sites (tertiary alicyclic amines) is 1. The highest BCUT2D eigenvalue weighted by molar-refractivity contribution is 5.92. The highest BCUT2D eigenvalue weighted by Crippen LogP contribution is 2.19. The zero-order valence-corrected chi connectivity index (χ0v) is 10.8. The summed E-state index contributed by atoms with van der Waals surface area (Å²) in [5.74, 6) is -4.04. The van der Waals surface area contributed by atoms with Crippen molar-refractivity contribution in [3.05, 3.63) is 29.6 Å². The Hall–Kier alpha value is -1.60.